The molecule has 0 aliphatic heterocycles. The smallest absolute Gasteiger partial charge is 0.215 e. The van der Waals surface area contributed by atoms with Gasteiger partial charge < -0.3 is 5.32 Å². The molecule has 1 aromatic heterocycles. The second-order valence-corrected chi connectivity index (χ2v) is 7.30. The Kier molecular flexibility index (Phi) is 6.85. The lowest BCUT2D eigenvalue weighted by atomic mass is 10.2. The molecule has 2 N–H and O–H groups in total. The van der Waals surface area contributed by atoms with E-state index in [9.17, 15) is 8.42 Å². The zero-order valence-corrected chi connectivity index (χ0v) is 12.6. The van der Waals surface area contributed by atoms with E-state index in [1.165, 1.54) is 5.56 Å². The maximum Gasteiger partial charge on any atom is 0.215 e. The first-order valence-electron chi connectivity index (χ1n) is 6.26. The summed E-state index contributed by atoms with van der Waals surface area (Å²) >= 11 is 1.63. The summed E-state index contributed by atoms with van der Waals surface area (Å²) in [5, 5.41) is 6.77. The molecular weight excluding hydrogens is 268 g/mol. The van der Waals surface area contributed by atoms with Gasteiger partial charge in [-0.25, -0.2) is 13.1 Å². The highest BCUT2D eigenvalue weighted by atomic mass is 32.2. The van der Waals surface area contributed by atoms with Gasteiger partial charge in [-0.15, -0.1) is 0 Å². The molecule has 0 aliphatic rings. The second kappa shape index (κ2) is 7.89. The van der Waals surface area contributed by atoms with E-state index in [4.69, 9.17) is 0 Å². The first kappa shape index (κ1) is 15.6. The molecule has 0 bridgehead atoms. The summed E-state index contributed by atoms with van der Waals surface area (Å²) in [7, 11) is -3.20. The van der Waals surface area contributed by atoms with Crippen molar-refractivity contribution in [2.45, 2.75) is 31.9 Å². The molecule has 0 radical (unpaired) electrons. The van der Waals surface area contributed by atoms with Crippen molar-refractivity contribution in [1.82, 2.24) is 10.0 Å². The van der Waals surface area contributed by atoms with Gasteiger partial charge in [-0.05, 0) is 48.7 Å². The van der Waals surface area contributed by atoms with Gasteiger partial charge in [0.15, 0.2) is 0 Å². The molecule has 0 aliphatic carbocycles. The Labute approximate surface area is 114 Å². The summed E-state index contributed by atoms with van der Waals surface area (Å²) in [6.07, 6.45) is 1.76. The van der Waals surface area contributed by atoms with Gasteiger partial charge in [0.25, 0.3) is 0 Å². The van der Waals surface area contributed by atoms with Gasteiger partial charge in [-0.3, -0.25) is 0 Å². The highest BCUT2D eigenvalue weighted by Gasteiger charge is 2.19. The van der Waals surface area contributed by atoms with Crippen molar-refractivity contribution < 1.29 is 8.42 Å². The van der Waals surface area contributed by atoms with Crippen molar-refractivity contribution >= 4 is 21.4 Å². The number of hydrogen-bond acceptors (Lipinski definition) is 4. The van der Waals surface area contributed by atoms with Crippen LogP contribution < -0.4 is 10.0 Å². The Morgan fingerprint density at radius 3 is 2.78 bits per heavy atom. The maximum atomic E-state index is 11.9. The van der Waals surface area contributed by atoms with Crippen LogP contribution in [0.1, 0.15) is 25.8 Å². The van der Waals surface area contributed by atoms with Crippen LogP contribution in [0.3, 0.4) is 0 Å². The molecule has 1 unspecified atom stereocenters. The number of sulfonamides is 1. The molecule has 1 heterocycles. The average molecular weight is 290 g/mol. The summed E-state index contributed by atoms with van der Waals surface area (Å²) in [6, 6.07) is 2.02. The van der Waals surface area contributed by atoms with Crippen LogP contribution in [-0.2, 0) is 16.4 Å². The van der Waals surface area contributed by atoms with E-state index in [-0.39, 0.29) is 0 Å². The van der Waals surface area contributed by atoms with Crippen molar-refractivity contribution in [1.29, 1.82) is 0 Å². The molecule has 18 heavy (non-hydrogen) atoms. The quantitative estimate of drug-likeness (QED) is 0.679. The van der Waals surface area contributed by atoms with Crippen LogP contribution in [0.2, 0.25) is 0 Å². The Morgan fingerprint density at radius 2 is 2.17 bits per heavy atom. The molecule has 0 spiro atoms. The molecule has 0 amide bonds. The van der Waals surface area contributed by atoms with Crippen LogP contribution in [-0.4, -0.2) is 33.3 Å². The Hall–Kier alpha value is -0.430. The van der Waals surface area contributed by atoms with E-state index in [0.717, 1.165) is 19.4 Å². The van der Waals surface area contributed by atoms with E-state index >= 15 is 0 Å². The molecular formula is C12H22N2O2S2. The number of nitrogens with one attached hydrogen (secondary N) is 2. The lowest BCUT2D eigenvalue weighted by Gasteiger charge is -2.14. The van der Waals surface area contributed by atoms with Crippen LogP contribution in [0.4, 0.5) is 0 Å². The van der Waals surface area contributed by atoms with Crippen molar-refractivity contribution in [3.63, 3.8) is 0 Å². The molecule has 0 saturated heterocycles. The zero-order valence-electron chi connectivity index (χ0n) is 11.0. The fourth-order valence-corrected chi connectivity index (χ4v) is 3.22. The van der Waals surface area contributed by atoms with Crippen LogP contribution in [0.25, 0.3) is 0 Å². The molecule has 6 heteroatoms. The second-order valence-electron chi connectivity index (χ2n) is 4.34. The predicted molar refractivity (Wildman–Crippen MR) is 77.6 cm³/mol. The molecule has 4 nitrogen and oxygen atoms in total. The van der Waals surface area contributed by atoms with E-state index in [1.54, 1.807) is 18.3 Å². The standard InChI is InChI=1S/C12H22N2O2S2/c1-3-6-13-9-11(2)18(15,16)14-7-4-12-5-8-17-10-12/h5,8,10-11,13-14H,3-4,6-7,9H2,1-2H3. The first-order chi connectivity index (χ1) is 8.56. The number of thiophene rings is 1. The molecule has 1 aromatic rings. The van der Waals surface area contributed by atoms with E-state index in [1.807, 2.05) is 16.8 Å². The van der Waals surface area contributed by atoms with Crippen molar-refractivity contribution in [3.8, 4) is 0 Å². The van der Waals surface area contributed by atoms with E-state index < -0.39 is 15.3 Å². The third-order valence-electron chi connectivity index (χ3n) is 2.69. The van der Waals surface area contributed by atoms with Crippen LogP contribution in [0.5, 0.6) is 0 Å². The minimum atomic E-state index is -3.20. The Balaban J connectivity index is 2.30. The highest BCUT2D eigenvalue weighted by Crippen LogP contribution is 2.06. The van der Waals surface area contributed by atoms with E-state index in [2.05, 4.69) is 17.0 Å². The summed E-state index contributed by atoms with van der Waals surface area (Å²) in [5.74, 6) is 0. The third kappa shape index (κ3) is 5.48. The molecule has 104 valence electrons. The SMILES string of the molecule is CCCNCC(C)S(=O)(=O)NCCc1ccsc1. The van der Waals surface area contributed by atoms with Crippen molar-refractivity contribution in [3.05, 3.63) is 22.4 Å². The summed E-state index contributed by atoms with van der Waals surface area (Å²) in [4.78, 5) is 0. The normalized spacial score (nSPS) is 13.7. The van der Waals surface area contributed by atoms with Crippen molar-refractivity contribution in [2.24, 2.45) is 0 Å². The summed E-state index contributed by atoms with van der Waals surface area (Å²) < 4.78 is 26.5. The fourth-order valence-electron chi connectivity index (χ4n) is 1.51. The molecule has 1 rings (SSSR count). The molecule has 0 saturated carbocycles. The van der Waals surface area contributed by atoms with Gasteiger partial charge in [0, 0.05) is 13.1 Å². The average Bonchev–Trinajstić information content (AvgIpc) is 2.82. The lowest BCUT2D eigenvalue weighted by Crippen LogP contribution is -2.39. The largest absolute Gasteiger partial charge is 0.315 e. The van der Waals surface area contributed by atoms with Gasteiger partial charge in [0.2, 0.25) is 10.0 Å². The van der Waals surface area contributed by atoms with Gasteiger partial charge in [-0.1, -0.05) is 6.92 Å². The van der Waals surface area contributed by atoms with Crippen LogP contribution in [0, 0.1) is 0 Å². The van der Waals surface area contributed by atoms with E-state index in [0.29, 0.717) is 13.1 Å². The number of rotatable bonds is 9. The third-order valence-corrected chi connectivity index (χ3v) is 5.25. The molecule has 0 aromatic carbocycles. The minimum Gasteiger partial charge on any atom is -0.315 e. The van der Waals surface area contributed by atoms with Gasteiger partial charge in [-0.2, -0.15) is 11.3 Å². The zero-order chi connectivity index (χ0) is 13.4. The van der Waals surface area contributed by atoms with Gasteiger partial charge in [0.05, 0.1) is 5.25 Å². The van der Waals surface area contributed by atoms with Crippen molar-refractivity contribution in [2.75, 3.05) is 19.6 Å². The highest BCUT2D eigenvalue weighted by molar-refractivity contribution is 7.90. The predicted octanol–water partition coefficient (Wildman–Crippen LogP) is 1.60. The molecule has 1 atom stereocenters. The minimum absolute atomic E-state index is 0.397. The molecule has 0 fully saturated rings. The Morgan fingerprint density at radius 1 is 1.39 bits per heavy atom. The Bertz CT molecular complexity index is 415. The van der Waals surface area contributed by atoms with Gasteiger partial charge >= 0.3 is 0 Å². The number of hydrogen-bond donors (Lipinski definition) is 2. The van der Waals surface area contributed by atoms with Gasteiger partial charge in [0.1, 0.15) is 0 Å². The monoisotopic (exact) mass is 290 g/mol. The summed E-state index contributed by atoms with van der Waals surface area (Å²) in [5.41, 5.74) is 1.18. The van der Waals surface area contributed by atoms with Crippen LogP contribution >= 0.6 is 11.3 Å². The first-order valence-corrected chi connectivity index (χ1v) is 8.75. The maximum absolute atomic E-state index is 11.9. The lowest BCUT2D eigenvalue weighted by molar-refractivity contribution is 0.557. The topological polar surface area (TPSA) is 58.2 Å². The fraction of sp³-hybridized carbons (Fsp3) is 0.667. The summed E-state index contributed by atoms with van der Waals surface area (Å²) in [6.45, 7) is 5.62. The van der Waals surface area contributed by atoms with Crippen LogP contribution in [0.15, 0.2) is 16.8 Å².